The molecule has 1 N–H and O–H groups in total. The maximum Gasteiger partial charge on any atom is 0.0623 e. The van der Waals surface area contributed by atoms with Crippen LogP contribution in [0.3, 0.4) is 0 Å². The fourth-order valence-corrected chi connectivity index (χ4v) is 2.97. The average Bonchev–Trinajstić information content (AvgIpc) is 2.80. The van der Waals surface area contributed by atoms with E-state index >= 15 is 0 Å². The average molecular weight is 195 g/mol. The minimum Gasteiger partial charge on any atom is -0.375 e. The van der Waals surface area contributed by atoms with E-state index in [2.05, 4.69) is 18.9 Å². The Bertz CT molecular complexity index is 204. The molecule has 2 heterocycles. The lowest BCUT2D eigenvalue weighted by atomic mass is 9.82. The van der Waals surface area contributed by atoms with Crippen LogP contribution in [0.5, 0.6) is 0 Å². The molecule has 2 heteroatoms. The molecule has 0 aliphatic carbocycles. The molecule has 0 amide bonds. The highest BCUT2D eigenvalue weighted by Crippen LogP contribution is 2.41. The summed E-state index contributed by atoms with van der Waals surface area (Å²) in [4.78, 5) is 0. The topological polar surface area (TPSA) is 21.3 Å². The number of hydrogen-bond acceptors (Lipinski definition) is 2. The van der Waals surface area contributed by atoms with E-state index in [1.807, 2.05) is 6.08 Å². The number of hydrogen-bond donors (Lipinski definition) is 1. The van der Waals surface area contributed by atoms with Crippen LogP contribution >= 0.6 is 0 Å². The van der Waals surface area contributed by atoms with Crippen molar-refractivity contribution in [1.29, 1.82) is 0 Å². The summed E-state index contributed by atoms with van der Waals surface area (Å²) in [5.41, 5.74) is 0. The highest BCUT2D eigenvalue weighted by Gasteiger charge is 2.43. The Hall–Kier alpha value is -0.340. The van der Waals surface area contributed by atoms with Gasteiger partial charge in [0.15, 0.2) is 0 Å². The molecule has 2 nitrogen and oxygen atoms in total. The molecular weight excluding hydrogens is 174 g/mol. The Labute approximate surface area is 86.7 Å². The normalized spacial score (nSPS) is 37.4. The molecule has 2 aliphatic rings. The molecule has 0 aromatic carbocycles. The summed E-state index contributed by atoms with van der Waals surface area (Å²) >= 11 is 0. The van der Waals surface area contributed by atoms with Crippen LogP contribution in [0, 0.1) is 5.92 Å². The van der Waals surface area contributed by atoms with Crippen molar-refractivity contribution >= 4 is 0 Å². The van der Waals surface area contributed by atoms with Crippen LogP contribution < -0.4 is 5.32 Å². The quantitative estimate of drug-likeness (QED) is 0.678. The fraction of sp³-hybridized carbons (Fsp3) is 0.833. The van der Waals surface area contributed by atoms with Crippen LogP contribution in [0.15, 0.2) is 12.7 Å². The summed E-state index contributed by atoms with van der Waals surface area (Å²) < 4.78 is 5.88. The maximum absolute atomic E-state index is 5.88. The zero-order valence-corrected chi connectivity index (χ0v) is 9.04. The lowest BCUT2D eigenvalue weighted by Gasteiger charge is -2.27. The molecule has 0 aromatic heterocycles. The molecule has 14 heavy (non-hydrogen) atoms. The van der Waals surface area contributed by atoms with Gasteiger partial charge in [0.05, 0.1) is 12.2 Å². The number of nitrogens with one attached hydrogen (secondary N) is 1. The van der Waals surface area contributed by atoms with Crippen molar-refractivity contribution in [2.45, 2.75) is 50.4 Å². The molecule has 2 aliphatic heterocycles. The molecule has 4 atom stereocenters. The molecule has 2 fully saturated rings. The molecule has 2 bridgehead atoms. The molecule has 80 valence electrons. The van der Waals surface area contributed by atoms with E-state index in [0.717, 1.165) is 12.3 Å². The van der Waals surface area contributed by atoms with E-state index in [9.17, 15) is 0 Å². The summed E-state index contributed by atoms with van der Waals surface area (Å²) in [5.74, 6) is 0.749. The van der Waals surface area contributed by atoms with Gasteiger partial charge >= 0.3 is 0 Å². The van der Waals surface area contributed by atoms with Crippen LogP contribution in [0.4, 0.5) is 0 Å². The standard InChI is InChI=1S/C12H21NO/c1-3-4-5-11(13-2)10-8-9-6-7-12(10)14-9/h3,9-13H,1,4-8H2,2H3. The van der Waals surface area contributed by atoms with E-state index in [0.29, 0.717) is 18.2 Å². The van der Waals surface area contributed by atoms with Gasteiger partial charge < -0.3 is 10.1 Å². The molecule has 2 saturated heterocycles. The van der Waals surface area contributed by atoms with Crippen molar-refractivity contribution in [2.24, 2.45) is 5.92 Å². The number of allylic oxidation sites excluding steroid dienone is 1. The summed E-state index contributed by atoms with van der Waals surface area (Å²) in [5, 5.41) is 3.44. The highest BCUT2D eigenvalue weighted by molar-refractivity contribution is 4.95. The Morgan fingerprint density at radius 2 is 2.43 bits per heavy atom. The SMILES string of the molecule is C=CCCC(NC)C1CC2CCC1O2. The summed E-state index contributed by atoms with van der Waals surface area (Å²) in [6, 6.07) is 0.628. The van der Waals surface area contributed by atoms with Crippen LogP contribution in [0.1, 0.15) is 32.1 Å². The highest BCUT2D eigenvalue weighted by atomic mass is 16.5. The van der Waals surface area contributed by atoms with Gasteiger partial charge in [0.25, 0.3) is 0 Å². The van der Waals surface area contributed by atoms with Gasteiger partial charge in [-0.15, -0.1) is 6.58 Å². The van der Waals surface area contributed by atoms with Crippen LogP contribution in [0.25, 0.3) is 0 Å². The molecule has 0 spiro atoms. The van der Waals surface area contributed by atoms with E-state index in [4.69, 9.17) is 4.74 Å². The van der Waals surface area contributed by atoms with Gasteiger partial charge in [0, 0.05) is 12.0 Å². The monoisotopic (exact) mass is 195 g/mol. The Balaban J connectivity index is 1.88. The van der Waals surface area contributed by atoms with Gasteiger partial charge in [-0.3, -0.25) is 0 Å². The third kappa shape index (κ3) is 1.86. The van der Waals surface area contributed by atoms with Gasteiger partial charge in [-0.05, 0) is 39.2 Å². The predicted molar refractivity (Wildman–Crippen MR) is 58.3 cm³/mol. The first-order valence-corrected chi connectivity index (χ1v) is 5.78. The third-order valence-corrected chi connectivity index (χ3v) is 3.72. The van der Waals surface area contributed by atoms with E-state index in [-0.39, 0.29) is 0 Å². The molecule has 0 saturated carbocycles. The van der Waals surface area contributed by atoms with Gasteiger partial charge in [0.1, 0.15) is 0 Å². The van der Waals surface area contributed by atoms with Crippen molar-refractivity contribution < 1.29 is 4.74 Å². The Morgan fingerprint density at radius 1 is 1.57 bits per heavy atom. The Morgan fingerprint density at radius 3 is 2.93 bits per heavy atom. The lowest BCUT2D eigenvalue weighted by Crippen LogP contribution is -2.38. The fourth-order valence-electron chi connectivity index (χ4n) is 2.97. The van der Waals surface area contributed by atoms with Crippen LogP contribution in [-0.2, 0) is 4.74 Å². The largest absolute Gasteiger partial charge is 0.375 e. The van der Waals surface area contributed by atoms with Crippen LogP contribution in [-0.4, -0.2) is 25.3 Å². The molecule has 2 rings (SSSR count). The first-order valence-electron chi connectivity index (χ1n) is 5.78. The number of ether oxygens (including phenoxy) is 1. The summed E-state index contributed by atoms with van der Waals surface area (Å²) in [6.45, 7) is 3.78. The van der Waals surface area contributed by atoms with E-state index in [1.54, 1.807) is 0 Å². The van der Waals surface area contributed by atoms with Gasteiger partial charge in [-0.1, -0.05) is 6.08 Å². The third-order valence-electron chi connectivity index (χ3n) is 3.72. The lowest BCUT2D eigenvalue weighted by molar-refractivity contribution is 0.0857. The smallest absolute Gasteiger partial charge is 0.0623 e. The van der Waals surface area contributed by atoms with Crippen molar-refractivity contribution in [3.05, 3.63) is 12.7 Å². The van der Waals surface area contributed by atoms with Gasteiger partial charge in [-0.2, -0.15) is 0 Å². The maximum atomic E-state index is 5.88. The van der Waals surface area contributed by atoms with Crippen molar-refractivity contribution in [1.82, 2.24) is 5.32 Å². The molecule has 0 radical (unpaired) electrons. The second-order valence-electron chi connectivity index (χ2n) is 4.53. The van der Waals surface area contributed by atoms with Crippen molar-refractivity contribution in [2.75, 3.05) is 7.05 Å². The minimum atomic E-state index is 0.544. The molecular formula is C12H21NO. The van der Waals surface area contributed by atoms with Crippen molar-refractivity contribution in [3.63, 3.8) is 0 Å². The molecule has 0 aromatic rings. The van der Waals surface area contributed by atoms with Gasteiger partial charge in [0.2, 0.25) is 0 Å². The first kappa shape index (κ1) is 10.2. The number of rotatable bonds is 5. The second kappa shape index (κ2) is 4.45. The number of fused-ring (bicyclic) bond motifs is 2. The van der Waals surface area contributed by atoms with E-state index in [1.165, 1.54) is 25.7 Å². The summed E-state index contributed by atoms with van der Waals surface area (Å²) in [7, 11) is 2.07. The van der Waals surface area contributed by atoms with Crippen LogP contribution in [0.2, 0.25) is 0 Å². The molecule has 4 unspecified atom stereocenters. The minimum absolute atomic E-state index is 0.544. The van der Waals surface area contributed by atoms with Gasteiger partial charge in [-0.25, -0.2) is 0 Å². The van der Waals surface area contributed by atoms with E-state index < -0.39 is 0 Å². The predicted octanol–water partition coefficient (Wildman–Crippen LogP) is 2.11. The zero-order valence-electron chi connectivity index (χ0n) is 9.04. The van der Waals surface area contributed by atoms with Crippen molar-refractivity contribution in [3.8, 4) is 0 Å². The Kier molecular flexibility index (Phi) is 3.24. The zero-order chi connectivity index (χ0) is 9.97. The second-order valence-corrected chi connectivity index (χ2v) is 4.53. The first-order chi connectivity index (χ1) is 6.85. The summed E-state index contributed by atoms with van der Waals surface area (Å²) in [6.07, 6.45) is 9.29.